The van der Waals surface area contributed by atoms with Crippen LogP contribution < -0.4 is 4.74 Å². The van der Waals surface area contributed by atoms with Crippen molar-refractivity contribution in [3.05, 3.63) is 104 Å². The molecule has 7 nitrogen and oxygen atoms in total. The van der Waals surface area contributed by atoms with Crippen molar-refractivity contribution in [2.75, 3.05) is 0 Å². The molecule has 1 heterocycles. The predicted octanol–water partition coefficient (Wildman–Crippen LogP) is 6.77. The number of aryl methyl sites for hydroxylation is 1. The van der Waals surface area contributed by atoms with Gasteiger partial charge < -0.3 is 4.74 Å². The Labute approximate surface area is 203 Å². The molecule has 166 valence electrons. The SMILES string of the molecule is Cc1nn(-c2ccccc2)c(OC(=O)c2cc(Cl)ccc2[N+](=O)[O-])c1Sc1ccc(Cl)cc1. The van der Waals surface area contributed by atoms with Crippen molar-refractivity contribution in [3.8, 4) is 11.6 Å². The third-order valence-corrected chi connectivity index (χ3v) is 6.23. The molecule has 0 saturated carbocycles. The first kappa shape index (κ1) is 22.8. The standard InChI is InChI=1S/C23H15Cl2N3O4S/c1-14-21(33-18-10-7-15(24)8-11-18)22(27(26-14)17-5-3-2-4-6-17)32-23(29)19-13-16(25)9-12-20(19)28(30)31/h2-13H,1H3. The Morgan fingerprint density at radius 3 is 2.36 bits per heavy atom. The molecule has 0 spiro atoms. The molecule has 4 rings (SSSR count). The largest absolute Gasteiger partial charge is 0.402 e. The van der Waals surface area contributed by atoms with E-state index in [1.807, 2.05) is 42.5 Å². The van der Waals surface area contributed by atoms with Crippen molar-refractivity contribution >= 4 is 46.6 Å². The summed E-state index contributed by atoms with van der Waals surface area (Å²) in [6.07, 6.45) is 0. The number of ether oxygens (including phenoxy) is 1. The fraction of sp³-hybridized carbons (Fsp3) is 0.0435. The summed E-state index contributed by atoms with van der Waals surface area (Å²) in [5.41, 5.74) is 0.612. The first-order chi connectivity index (χ1) is 15.8. The van der Waals surface area contributed by atoms with E-state index in [0.29, 0.717) is 21.3 Å². The van der Waals surface area contributed by atoms with Gasteiger partial charge in [0.15, 0.2) is 0 Å². The van der Waals surface area contributed by atoms with E-state index >= 15 is 0 Å². The van der Waals surface area contributed by atoms with Crippen LogP contribution in [-0.2, 0) is 0 Å². The van der Waals surface area contributed by atoms with Crippen LogP contribution in [0.3, 0.4) is 0 Å². The number of nitro benzene ring substituents is 1. The maximum atomic E-state index is 13.1. The van der Waals surface area contributed by atoms with Crippen molar-refractivity contribution in [2.24, 2.45) is 0 Å². The zero-order valence-corrected chi connectivity index (χ0v) is 19.4. The molecule has 0 radical (unpaired) electrons. The van der Waals surface area contributed by atoms with Gasteiger partial charge in [0.25, 0.3) is 5.69 Å². The minimum atomic E-state index is -0.917. The van der Waals surface area contributed by atoms with E-state index in [2.05, 4.69) is 5.10 Å². The Morgan fingerprint density at radius 2 is 1.70 bits per heavy atom. The van der Waals surface area contributed by atoms with E-state index in [-0.39, 0.29) is 16.5 Å². The Hall–Kier alpha value is -3.33. The van der Waals surface area contributed by atoms with E-state index in [0.717, 1.165) is 4.90 Å². The van der Waals surface area contributed by atoms with E-state index in [1.165, 1.54) is 34.6 Å². The second-order valence-electron chi connectivity index (χ2n) is 6.83. The highest BCUT2D eigenvalue weighted by molar-refractivity contribution is 7.99. The van der Waals surface area contributed by atoms with E-state index in [4.69, 9.17) is 27.9 Å². The van der Waals surface area contributed by atoms with Gasteiger partial charge in [-0.1, -0.05) is 53.2 Å². The first-order valence-electron chi connectivity index (χ1n) is 9.58. The minimum absolute atomic E-state index is 0.137. The summed E-state index contributed by atoms with van der Waals surface area (Å²) in [5, 5.41) is 16.8. The van der Waals surface area contributed by atoms with Crippen LogP contribution in [0.2, 0.25) is 10.0 Å². The highest BCUT2D eigenvalue weighted by atomic mass is 35.5. The Morgan fingerprint density at radius 1 is 1.03 bits per heavy atom. The number of para-hydroxylation sites is 1. The van der Waals surface area contributed by atoms with Crippen LogP contribution in [0, 0.1) is 17.0 Å². The molecule has 0 saturated heterocycles. The molecule has 0 atom stereocenters. The van der Waals surface area contributed by atoms with Crippen molar-refractivity contribution in [3.63, 3.8) is 0 Å². The number of hydrogen-bond acceptors (Lipinski definition) is 6. The molecule has 4 aromatic rings. The molecule has 33 heavy (non-hydrogen) atoms. The summed E-state index contributed by atoms with van der Waals surface area (Å²) >= 11 is 13.3. The zero-order chi connectivity index (χ0) is 23.5. The lowest BCUT2D eigenvalue weighted by Gasteiger charge is -2.11. The quantitative estimate of drug-likeness (QED) is 0.165. The van der Waals surface area contributed by atoms with Gasteiger partial charge in [0, 0.05) is 21.0 Å². The molecule has 10 heteroatoms. The number of esters is 1. The van der Waals surface area contributed by atoms with Gasteiger partial charge in [-0.3, -0.25) is 10.1 Å². The van der Waals surface area contributed by atoms with Crippen molar-refractivity contribution in [2.45, 2.75) is 16.7 Å². The second kappa shape index (κ2) is 9.66. The summed E-state index contributed by atoms with van der Waals surface area (Å²) in [5.74, 6) is -0.780. The fourth-order valence-electron chi connectivity index (χ4n) is 3.04. The van der Waals surface area contributed by atoms with E-state index in [1.54, 1.807) is 19.1 Å². The zero-order valence-electron chi connectivity index (χ0n) is 17.1. The summed E-state index contributed by atoms with van der Waals surface area (Å²) < 4.78 is 7.22. The van der Waals surface area contributed by atoms with Gasteiger partial charge in [0.2, 0.25) is 5.88 Å². The topological polar surface area (TPSA) is 87.3 Å². The molecular formula is C23H15Cl2N3O4S. The van der Waals surface area contributed by atoms with Gasteiger partial charge in [-0.2, -0.15) is 9.78 Å². The number of aromatic nitrogens is 2. The number of carbonyl (C=O) groups is 1. The van der Waals surface area contributed by atoms with Crippen LogP contribution in [-0.4, -0.2) is 20.7 Å². The Balaban J connectivity index is 1.80. The summed E-state index contributed by atoms with van der Waals surface area (Å²) in [6, 6.07) is 20.0. The van der Waals surface area contributed by atoms with Crippen LogP contribution in [0.5, 0.6) is 5.88 Å². The number of hydrogen-bond donors (Lipinski definition) is 0. The molecule has 0 fully saturated rings. The number of halogens is 2. The second-order valence-corrected chi connectivity index (χ2v) is 8.79. The van der Waals surface area contributed by atoms with Gasteiger partial charge in [0.05, 0.1) is 21.2 Å². The number of nitro groups is 1. The third kappa shape index (κ3) is 5.03. The molecule has 0 aliphatic carbocycles. The van der Waals surface area contributed by atoms with Crippen molar-refractivity contribution in [1.29, 1.82) is 0 Å². The van der Waals surface area contributed by atoms with Gasteiger partial charge in [-0.25, -0.2) is 4.79 Å². The molecule has 0 aliphatic rings. The highest BCUT2D eigenvalue weighted by Gasteiger charge is 2.27. The minimum Gasteiger partial charge on any atom is -0.402 e. The summed E-state index contributed by atoms with van der Waals surface area (Å²) in [7, 11) is 0. The van der Waals surface area contributed by atoms with Crippen LogP contribution in [0.1, 0.15) is 16.1 Å². The van der Waals surface area contributed by atoms with Crippen LogP contribution in [0.25, 0.3) is 5.69 Å². The predicted molar refractivity (Wildman–Crippen MR) is 127 cm³/mol. The number of rotatable bonds is 6. The lowest BCUT2D eigenvalue weighted by atomic mass is 10.2. The van der Waals surface area contributed by atoms with E-state index < -0.39 is 16.6 Å². The van der Waals surface area contributed by atoms with Gasteiger partial charge in [-0.15, -0.1) is 0 Å². The first-order valence-corrected chi connectivity index (χ1v) is 11.2. The lowest BCUT2D eigenvalue weighted by Crippen LogP contribution is -2.14. The maximum Gasteiger partial charge on any atom is 0.351 e. The normalized spacial score (nSPS) is 10.8. The maximum absolute atomic E-state index is 13.1. The van der Waals surface area contributed by atoms with Crippen LogP contribution >= 0.6 is 35.0 Å². The van der Waals surface area contributed by atoms with Gasteiger partial charge in [0.1, 0.15) is 5.56 Å². The Kier molecular flexibility index (Phi) is 6.69. The van der Waals surface area contributed by atoms with Crippen LogP contribution in [0.4, 0.5) is 5.69 Å². The van der Waals surface area contributed by atoms with Crippen LogP contribution in [0.15, 0.2) is 82.6 Å². The van der Waals surface area contributed by atoms with Crippen molar-refractivity contribution in [1.82, 2.24) is 9.78 Å². The third-order valence-electron chi connectivity index (χ3n) is 4.56. The molecule has 0 unspecified atom stereocenters. The molecule has 0 amide bonds. The fourth-order valence-corrected chi connectivity index (χ4v) is 4.25. The Bertz CT molecular complexity index is 1340. The summed E-state index contributed by atoms with van der Waals surface area (Å²) in [6.45, 7) is 1.79. The highest BCUT2D eigenvalue weighted by Crippen LogP contribution is 2.40. The lowest BCUT2D eigenvalue weighted by molar-refractivity contribution is -0.385. The van der Waals surface area contributed by atoms with Crippen molar-refractivity contribution < 1.29 is 14.5 Å². The average Bonchev–Trinajstić information content (AvgIpc) is 3.10. The number of carbonyl (C=O) groups excluding carboxylic acids is 1. The number of benzene rings is 3. The molecule has 1 aromatic heterocycles. The molecular weight excluding hydrogens is 485 g/mol. The molecule has 0 aliphatic heterocycles. The number of nitrogens with zero attached hydrogens (tertiary/aromatic N) is 3. The molecule has 0 N–H and O–H groups in total. The average molecular weight is 500 g/mol. The smallest absolute Gasteiger partial charge is 0.351 e. The summed E-state index contributed by atoms with van der Waals surface area (Å²) in [4.78, 5) is 25.3. The van der Waals surface area contributed by atoms with Gasteiger partial charge >= 0.3 is 5.97 Å². The van der Waals surface area contributed by atoms with E-state index in [9.17, 15) is 14.9 Å². The molecule has 0 bridgehead atoms. The van der Waals surface area contributed by atoms with Gasteiger partial charge in [-0.05, 0) is 55.5 Å². The monoisotopic (exact) mass is 499 g/mol. The molecule has 3 aromatic carbocycles.